The van der Waals surface area contributed by atoms with Crippen molar-refractivity contribution in [2.45, 2.75) is 32.4 Å². The first kappa shape index (κ1) is 22.3. The number of fused-ring (bicyclic) bond motifs is 7. The maximum absolute atomic E-state index is 16.6. The Morgan fingerprint density at radius 1 is 0.784 bits per heavy atom. The highest BCUT2D eigenvalue weighted by Gasteiger charge is 2.50. The summed E-state index contributed by atoms with van der Waals surface area (Å²) in [6.07, 6.45) is -2.62. The number of para-hydroxylation sites is 1. The van der Waals surface area contributed by atoms with Crippen LogP contribution in [0.4, 0.5) is 17.6 Å². The Labute approximate surface area is 209 Å². The molecule has 0 aliphatic heterocycles. The summed E-state index contributed by atoms with van der Waals surface area (Å²) in [6, 6.07) is 18.3. The van der Waals surface area contributed by atoms with Crippen molar-refractivity contribution in [2.75, 3.05) is 0 Å². The van der Waals surface area contributed by atoms with Gasteiger partial charge in [0, 0.05) is 22.2 Å². The van der Waals surface area contributed by atoms with Crippen molar-refractivity contribution in [2.24, 2.45) is 7.05 Å². The van der Waals surface area contributed by atoms with Crippen molar-refractivity contribution in [1.82, 2.24) is 4.40 Å². The van der Waals surface area contributed by atoms with Crippen LogP contribution in [0.3, 0.4) is 0 Å². The van der Waals surface area contributed by atoms with Gasteiger partial charge in [0.25, 0.3) is 0 Å². The quantitative estimate of drug-likeness (QED) is 0.0930. The van der Waals surface area contributed by atoms with Gasteiger partial charge in [0.15, 0.2) is 12.0 Å². The monoisotopic (exact) mass is 499 g/mol. The van der Waals surface area contributed by atoms with Crippen molar-refractivity contribution >= 4 is 59.8 Å². The fraction of sp³-hybridized carbons (Fsp3) is 0.194. The number of aromatic nitrogens is 2. The summed E-state index contributed by atoms with van der Waals surface area (Å²) < 4.78 is 63.8. The van der Waals surface area contributed by atoms with Crippen LogP contribution in [0.25, 0.3) is 59.8 Å². The number of hydrogen-bond donors (Lipinski definition) is 0. The van der Waals surface area contributed by atoms with Gasteiger partial charge >= 0.3 is 6.18 Å². The Balaban J connectivity index is 1.93. The van der Waals surface area contributed by atoms with Gasteiger partial charge in [-0.05, 0) is 54.8 Å². The Morgan fingerprint density at radius 3 is 2.14 bits per heavy atom. The summed E-state index contributed by atoms with van der Waals surface area (Å²) in [5, 5.41) is 4.83. The van der Waals surface area contributed by atoms with E-state index in [2.05, 4.69) is 0 Å². The van der Waals surface area contributed by atoms with Gasteiger partial charge in [-0.15, -0.1) is 0 Å². The van der Waals surface area contributed by atoms with Crippen molar-refractivity contribution in [3.8, 4) is 0 Å². The summed E-state index contributed by atoms with van der Waals surface area (Å²) in [6.45, 7) is 4.44. The van der Waals surface area contributed by atoms with Crippen molar-refractivity contribution in [3.63, 3.8) is 0 Å². The molecular formula is C31H23F4N2+. The van der Waals surface area contributed by atoms with E-state index in [1.165, 1.54) is 13.8 Å². The molecule has 37 heavy (non-hydrogen) atoms. The summed E-state index contributed by atoms with van der Waals surface area (Å²) in [5.41, 5.74) is 1.53. The van der Waals surface area contributed by atoms with Crippen LogP contribution in [-0.4, -0.2) is 10.6 Å². The Morgan fingerprint density at radius 2 is 1.43 bits per heavy atom. The highest BCUT2D eigenvalue weighted by molar-refractivity contribution is 6.29. The Kier molecular flexibility index (Phi) is 4.14. The summed E-state index contributed by atoms with van der Waals surface area (Å²) in [4.78, 5) is 0. The molecule has 0 spiro atoms. The van der Waals surface area contributed by atoms with Gasteiger partial charge in [-0.3, -0.25) is 0 Å². The number of nitrogens with zero attached hydrogens (tertiary/aromatic N) is 2. The second-order valence-electron chi connectivity index (χ2n) is 10.6. The van der Waals surface area contributed by atoms with Gasteiger partial charge in [-0.2, -0.15) is 13.2 Å². The highest BCUT2D eigenvalue weighted by atomic mass is 19.4. The maximum Gasteiger partial charge on any atom is 0.397 e. The first-order valence-corrected chi connectivity index (χ1v) is 12.2. The van der Waals surface area contributed by atoms with Crippen LogP contribution < -0.4 is 4.57 Å². The van der Waals surface area contributed by atoms with Crippen LogP contribution in [0, 0.1) is 12.7 Å². The van der Waals surface area contributed by atoms with E-state index in [0.717, 1.165) is 27.2 Å². The highest BCUT2D eigenvalue weighted by Crippen LogP contribution is 2.50. The summed E-state index contributed by atoms with van der Waals surface area (Å²) in [7, 11) is 1.91. The molecule has 6 heteroatoms. The van der Waals surface area contributed by atoms with Crippen LogP contribution in [0.2, 0.25) is 0 Å². The van der Waals surface area contributed by atoms with Gasteiger partial charge in [0.2, 0.25) is 5.52 Å². The molecule has 0 atom stereocenters. The standard InChI is InChI=1S/C31H23F4N2/c1-16-18-9-5-6-10-19(18)26(32)29-23(16)27-24-17(13-14-36(27)4)15-21(30(2,3)31(33,34)35)25-20-11-7-8-12-22(20)37(29)28(24)25/h5-15H,1-4H3/q+1. The predicted molar refractivity (Wildman–Crippen MR) is 141 cm³/mol. The molecule has 0 saturated heterocycles. The predicted octanol–water partition coefficient (Wildman–Crippen LogP) is 8.26. The number of pyridine rings is 2. The SMILES string of the molecule is Cc1c2ccccc2c(F)c2c1c1c3c(cc[n+]1C)cc(C(C)(C)C(F)(F)F)c1c4ccccc4n2c13. The van der Waals surface area contributed by atoms with E-state index in [4.69, 9.17) is 0 Å². The molecule has 2 nitrogen and oxygen atoms in total. The molecule has 0 radical (unpaired) electrons. The number of alkyl halides is 3. The fourth-order valence-electron chi connectivity index (χ4n) is 6.24. The number of benzene rings is 4. The maximum atomic E-state index is 16.6. The first-order valence-electron chi connectivity index (χ1n) is 12.2. The smallest absolute Gasteiger partial charge is 0.305 e. The largest absolute Gasteiger partial charge is 0.397 e. The van der Waals surface area contributed by atoms with Crippen LogP contribution >= 0.6 is 0 Å². The Hall–Kier alpha value is -3.93. The minimum Gasteiger partial charge on any atom is -0.305 e. The average Bonchev–Trinajstić information content (AvgIpc) is 3.21. The molecule has 0 amide bonds. The molecule has 0 N–H and O–H groups in total. The van der Waals surface area contributed by atoms with Gasteiger partial charge in [-0.25, -0.2) is 8.96 Å². The molecule has 7 rings (SSSR count). The number of halogens is 4. The molecule has 0 bridgehead atoms. The van der Waals surface area contributed by atoms with E-state index in [0.29, 0.717) is 38.1 Å². The summed E-state index contributed by atoms with van der Waals surface area (Å²) in [5.74, 6) is -0.373. The van der Waals surface area contributed by atoms with Crippen LogP contribution in [0.5, 0.6) is 0 Å². The van der Waals surface area contributed by atoms with E-state index >= 15 is 4.39 Å². The van der Waals surface area contributed by atoms with Crippen LogP contribution in [0.15, 0.2) is 66.9 Å². The zero-order chi connectivity index (χ0) is 26.0. The van der Waals surface area contributed by atoms with Gasteiger partial charge < -0.3 is 4.40 Å². The third-order valence-corrected chi connectivity index (χ3v) is 8.27. The van der Waals surface area contributed by atoms with Crippen molar-refractivity contribution in [1.29, 1.82) is 0 Å². The minimum atomic E-state index is -4.47. The third kappa shape index (κ3) is 2.58. The third-order valence-electron chi connectivity index (χ3n) is 8.27. The molecule has 0 unspecified atom stereocenters. The van der Waals surface area contributed by atoms with Gasteiger partial charge in [-0.1, -0.05) is 42.5 Å². The molecule has 7 aromatic rings. The molecular weight excluding hydrogens is 476 g/mol. The average molecular weight is 500 g/mol. The number of hydrogen-bond acceptors (Lipinski definition) is 0. The fourth-order valence-corrected chi connectivity index (χ4v) is 6.24. The lowest BCUT2D eigenvalue weighted by molar-refractivity contribution is -0.643. The minimum absolute atomic E-state index is 0.193. The van der Waals surface area contributed by atoms with Crippen molar-refractivity contribution < 1.29 is 22.1 Å². The van der Waals surface area contributed by atoms with E-state index < -0.39 is 11.6 Å². The van der Waals surface area contributed by atoms with E-state index in [9.17, 15) is 13.2 Å². The molecule has 0 fully saturated rings. The molecule has 0 saturated carbocycles. The first-order chi connectivity index (χ1) is 17.5. The zero-order valence-corrected chi connectivity index (χ0v) is 20.8. The molecule has 184 valence electrons. The summed E-state index contributed by atoms with van der Waals surface area (Å²) >= 11 is 0. The number of rotatable bonds is 1. The normalized spacial score (nSPS) is 13.4. The van der Waals surface area contributed by atoms with Crippen molar-refractivity contribution in [3.05, 3.63) is 83.8 Å². The van der Waals surface area contributed by atoms with E-state index in [1.54, 1.807) is 12.1 Å². The lowest BCUT2D eigenvalue weighted by atomic mass is 9.80. The number of aryl methyl sites for hydroxylation is 2. The van der Waals surface area contributed by atoms with Crippen LogP contribution in [0.1, 0.15) is 25.0 Å². The molecule has 3 aromatic heterocycles. The lowest BCUT2D eigenvalue weighted by Gasteiger charge is -2.29. The molecule has 0 aliphatic rings. The van der Waals surface area contributed by atoms with Gasteiger partial charge in [0.05, 0.1) is 32.7 Å². The van der Waals surface area contributed by atoms with Gasteiger partial charge in [0.1, 0.15) is 7.05 Å². The zero-order valence-electron chi connectivity index (χ0n) is 20.8. The lowest BCUT2D eigenvalue weighted by Crippen LogP contribution is -2.36. The Bertz CT molecular complexity index is 2080. The van der Waals surface area contributed by atoms with E-state index in [1.807, 2.05) is 77.7 Å². The topological polar surface area (TPSA) is 8.29 Å². The second-order valence-corrected chi connectivity index (χ2v) is 10.6. The molecule has 4 aromatic carbocycles. The molecule has 3 heterocycles. The molecule has 0 aliphatic carbocycles. The second kappa shape index (κ2) is 6.88. The van der Waals surface area contributed by atoms with Crippen LogP contribution in [-0.2, 0) is 12.5 Å². The van der Waals surface area contributed by atoms with E-state index in [-0.39, 0.29) is 11.4 Å².